The fourth-order valence-electron chi connectivity index (χ4n) is 2.69. The molecular weight excluding hydrogens is 347 g/mol. The maximum atomic E-state index is 14.0. The van der Waals surface area contributed by atoms with Crippen molar-refractivity contribution in [3.63, 3.8) is 0 Å². The molecule has 10 heteroatoms. The van der Waals surface area contributed by atoms with E-state index in [0.29, 0.717) is 17.9 Å². The standard InChI is InChI=1S/C15H17FN6O2S/c1-4-22-10(3)14(9(2)20-22)25(23,24)21-11-5-6-13(16)12(7-11)15-17-8-18-19-15/h5-8,21H,4H2,1-3H3,(H,17,18,19). The van der Waals surface area contributed by atoms with E-state index >= 15 is 0 Å². The van der Waals surface area contributed by atoms with Crippen LogP contribution >= 0.6 is 0 Å². The van der Waals surface area contributed by atoms with Crippen molar-refractivity contribution in [2.75, 3.05) is 4.72 Å². The summed E-state index contributed by atoms with van der Waals surface area (Å²) in [7, 11) is -3.86. The molecule has 0 radical (unpaired) electrons. The van der Waals surface area contributed by atoms with Gasteiger partial charge in [0, 0.05) is 12.2 Å². The first-order valence-corrected chi connectivity index (χ1v) is 9.04. The Morgan fingerprint density at radius 1 is 1.32 bits per heavy atom. The zero-order valence-corrected chi connectivity index (χ0v) is 14.7. The summed E-state index contributed by atoms with van der Waals surface area (Å²) in [6.07, 6.45) is 1.25. The van der Waals surface area contributed by atoms with Crippen molar-refractivity contribution in [3.8, 4) is 11.4 Å². The molecule has 0 spiro atoms. The molecule has 2 N–H and O–H groups in total. The summed E-state index contributed by atoms with van der Waals surface area (Å²) in [5.41, 5.74) is 1.29. The maximum absolute atomic E-state index is 14.0. The number of H-pyrrole nitrogens is 1. The Morgan fingerprint density at radius 3 is 2.68 bits per heavy atom. The molecule has 0 fully saturated rings. The van der Waals surface area contributed by atoms with Crippen molar-refractivity contribution in [3.05, 3.63) is 41.7 Å². The number of halogens is 1. The van der Waals surface area contributed by atoms with Crippen LogP contribution in [0.25, 0.3) is 11.4 Å². The Hall–Kier alpha value is -2.75. The van der Waals surface area contributed by atoms with Gasteiger partial charge in [0.2, 0.25) is 0 Å². The highest BCUT2D eigenvalue weighted by Crippen LogP contribution is 2.26. The Balaban J connectivity index is 2.00. The number of hydrogen-bond donors (Lipinski definition) is 2. The lowest BCUT2D eigenvalue weighted by Crippen LogP contribution is -2.15. The summed E-state index contributed by atoms with van der Waals surface area (Å²) in [5, 5.41) is 10.5. The second-order valence-corrected chi connectivity index (χ2v) is 7.07. The number of aromatic amines is 1. The zero-order chi connectivity index (χ0) is 18.2. The van der Waals surface area contributed by atoms with Crippen LogP contribution in [0.4, 0.5) is 10.1 Å². The van der Waals surface area contributed by atoms with E-state index in [1.165, 1.54) is 24.5 Å². The van der Waals surface area contributed by atoms with Gasteiger partial charge in [-0.3, -0.25) is 14.5 Å². The van der Waals surface area contributed by atoms with Gasteiger partial charge in [0.15, 0.2) is 5.82 Å². The van der Waals surface area contributed by atoms with Gasteiger partial charge in [-0.2, -0.15) is 10.2 Å². The average Bonchev–Trinajstić information content (AvgIpc) is 3.17. The normalized spacial score (nSPS) is 11.7. The summed E-state index contributed by atoms with van der Waals surface area (Å²) in [5.74, 6) is -0.324. The van der Waals surface area contributed by atoms with E-state index in [9.17, 15) is 12.8 Å². The van der Waals surface area contributed by atoms with Crippen LogP contribution in [0.3, 0.4) is 0 Å². The van der Waals surface area contributed by atoms with Crippen LogP contribution in [0.1, 0.15) is 18.3 Å². The molecule has 1 aromatic carbocycles. The van der Waals surface area contributed by atoms with E-state index in [1.807, 2.05) is 6.92 Å². The Kier molecular flexibility index (Phi) is 4.29. The first-order valence-electron chi connectivity index (χ1n) is 7.55. The highest BCUT2D eigenvalue weighted by molar-refractivity contribution is 7.92. The molecule has 3 rings (SSSR count). The number of aromatic nitrogens is 5. The van der Waals surface area contributed by atoms with E-state index in [1.54, 1.807) is 18.5 Å². The van der Waals surface area contributed by atoms with Gasteiger partial charge in [-0.05, 0) is 39.0 Å². The van der Waals surface area contributed by atoms with E-state index in [4.69, 9.17) is 0 Å². The van der Waals surface area contributed by atoms with Gasteiger partial charge < -0.3 is 0 Å². The Morgan fingerprint density at radius 2 is 2.08 bits per heavy atom. The first-order chi connectivity index (χ1) is 11.8. The molecule has 0 amide bonds. The number of nitrogens with zero attached hydrogens (tertiary/aromatic N) is 4. The summed E-state index contributed by atoms with van der Waals surface area (Å²) in [6.45, 7) is 5.78. The van der Waals surface area contributed by atoms with Crippen molar-refractivity contribution in [2.45, 2.75) is 32.2 Å². The highest BCUT2D eigenvalue weighted by atomic mass is 32.2. The lowest BCUT2D eigenvalue weighted by Gasteiger charge is -2.10. The van der Waals surface area contributed by atoms with Crippen LogP contribution < -0.4 is 4.72 Å². The van der Waals surface area contributed by atoms with Gasteiger partial charge in [0.1, 0.15) is 17.0 Å². The molecule has 0 bridgehead atoms. The van der Waals surface area contributed by atoms with Gasteiger partial charge in [0.25, 0.3) is 10.0 Å². The molecule has 25 heavy (non-hydrogen) atoms. The predicted octanol–water partition coefficient (Wildman–Crippen LogP) is 2.24. The third-order valence-corrected chi connectivity index (χ3v) is 5.40. The van der Waals surface area contributed by atoms with Crippen LogP contribution in [0.2, 0.25) is 0 Å². The molecule has 0 saturated carbocycles. The molecule has 0 unspecified atom stereocenters. The molecule has 8 nitrogen and oxygen atoms in total. The zero-order valence-electron chi connectivity index (χ0n) is 13.9. The monoisotopic (exact) mass is 364 g/mol. The number of nitrogens with one attached hydrogen (secondary N) is 2. The van der Waals surface area contributed by atoms with E-state index in [-0.39, 0.29) is 22.0 Å². The minimum absolute atomic E-state index is 0.121. The van der Waals surface area contributed by atoms with Gasteiger partial charge in [0.05, 0.1) is 17.0 Å². The molecule has 0 aliphatic heterocycles. The van der Waals surface area contributed by atoms with Crippen LogP contribution in [0, 0.1) is 19.7 Å². The maximum Gasteiger partial charge on any atom is 0.265 e. The SMILES string of the molecule is CCn1nc(C)c(S(=O)(=O)Nc2ccc(F)c(-c3ncn[nH]3)c2)c1C. The quantitative estimate of drug-likeness (QED) is 0.722. The van der Waals surface area contributed by atoms with Gasteiger partial charge in [-0.25, -0.2) is 17.8 Å². The molecule has 132 valence electrons. The minimum Gasteiger partial charge on any atom is -0.279 e. The van der Waals surface area contributed by atoms with Crippen molar-refractivity contribution >= 4 is 15.7 Å². The second kappa shape index (κ2) is 6.28. The van der Waals surface area contributed by atoms with Crippen LogP contribution in [-0.4, -0.2) is 33.4 Å². The molecule has 0 atom stereocenters. The number of benzene rings is 1. The third kappa shape index (κ3) is 3.12. The molecule has 0 aliphatic rings. The molecule has 0 saturated heterocycles. The largest absolute Gasteiger partial charge is 0.279 e. The molecule has 3 aromatic rings. The summed E-state index contributed by atoms with van der Waals surface area (Å²) >= 11 is 0. The van der Waals surface area contributed by atoms with Gasteiger partial charge in [-0.1, -0.05) is 0 Å². The number of anilines is 1. The molecular formula is C15H17FN6O2S. The van der Waals surface area contributed by atoms with Crippen LogP contribution in [-0.2, 0) is 16.6 Å². The fraction of sp³-hybridized carbons (Fsp3) is 0.267. The Labute approximate surface area is 144 Å². The molecule has 0 aliphatic carbocycles. The van der Waals surface area contributed by atoms with Gasteiger partial charge in [-0.15, -0.1) is 0 Å². The van der Waals surface area contributed by atoms with Crippen LogP contribution in [0.15, 0.2) is 29.4 Å². The molecule has 2 heterocycles. The number of hydrogen-bond acceptors (Lipinski definition) is 5. The first kappa shape index (κ1) is 17.1. The smallest absolute Gasteiger partial charge is 0.265 e. The average molecular weight is 364 g/mol. The minimum atomic E-state index is -3.86. The Bertz CT molecular complexity index is 1010. The number of aryl methyl sites for hydroxylation is 2. The van der Waals surface area contributed by atoms with Crippen molar-refractivity contribution in [2.24, 2.45) is 0 Å². The number of sulfonamides is 1. The van der Waals surface area contributed by atoms with Crippen molar-refractivity contribution in [1.29, 1.82) is 0 Å². The van der Waals surface area contributed by atoms with E-state index in [0.717, 1.165) is 0 Å². The second-order valence-electron chi connectivity index (χ2n) is 5.45. The fourth-order valence-corrected chi connectivity index (χ4v) is 4.15. The summed E-state index contributed by atoms with van der Waals surface area (Å²) < 4.78 is 43.6. The number of rotatable bonds is 5. The topological polar surface area (TPSA) is 106 Å². The summed E-state index contributed by atoms with van der Waals surface area (Å²) in [4.78, 5) is 4.01. The third-order valence-electron chi connectivity index (χ3n) is 3.77. The van der Waals surface area contributed by atoms with Crippen molar-refractivity contribution < 1.29 is 12.8 Å². The lowest BCUT2D eigenvalue weighted by molar-refractivity contribution is 0.598. The lowest BCUT2D eigenvalue weighted by atomic mass is 10.2. The van der Waals surface area contributed by atoms with E-state index in [2.05, 4.69) is 25.0 Å². The predicted molar refractivity (Wildman–Crippen MR) is 90.0 cm³/mol. The van der Waals surface area contributed by atoms with Crippen molar-refractivity contribution in [1.82, 2.24) is 25.0 Å². The summed E-state index contributed by atoms with van der Waals surface area (Å²) in [6, 6.07) is 3.88. The van der Waals surface area contributed by atoms with Gasteiger partial charge >= 0.3 is 0 Å². The van der Waals surface area contributed by atoms with E-state index < -0.39 is 15.8 Å². The van der Waals surface area contributed by atoms with Crippen LogP contribution in [0.5, 0.6) is 0 Å². The highest BCUT2D eigenvalue weighted by Gasteiger charge is 2.24. The molecule has 2 aromatic heterocycles.